The number of nitrogens with one attached hydrogen (secondary N) is 1. The van der Waals surface area contributed by atoms with Crippen LogP contribution in [0.1, 0.15) is 26.2 Å². The summed E-state index contributed by atoms with van der Waals surface area (Å²) in [5.41, 5.74) is 0. The third-order valence-corrected chi connectivity index (χ3v) is 3.11. The molecule has 2 atom stereocenters. The Bertz CT molecular complexity index is 134. The Morgan fingerprint density at radius 2 is 2.17 bits per heavy atom. The Labute approximate surface area is 81.1 Å². The molecule has 0 amide bonds. The molecule has 0 aromatic rings. The predicted molar refractivity (Wildman–Crippen MR) is 53.9 cm³/mol. The molecule has 72 valence electrons. The first-order chi connectivity index (χ1) is 5.38. The molecule has 2 nitrogen and oxygen atoms in total. The van der Waals surface area contributed by atoms with Crippen LogP contribution in [0, 0.1) is 0 Å². The van der Waals surface area contributed by atoms with Gasteiger partial charge in [0.05, 0.1) is 0 Å². The van der Waals surface area contributed by atoms with Crippen LogP contribution in [0.2, 0.25) is 0 Å². The topological polar surface area (TPSA) is 15.3 Å². The largest absolute Gasteiger partial charge is 0.315 e. The van der Waals surface area contributed by atoms with Gasteiger partial charge in [0.25, 0.3) is 0 Å². The van der Waals surface area contributed by atoms with Gasteiger partial charge in [-0.1, -0.05) is 0 Å². The first-order valence-electron chi connectivity index (χ1n) is 4.84. The molecule has 12 heavy (non-hydrogen) atoms. The molecule has 2 aliphatic heterocycles. The van der Waals surface area contributed by atoms with Gasteiger partial charge in [-0.3, -0.25) is 4.90 Å². The summed E-state index contributed by atoms with van der Waals surface area (Å²) in [6, 6.07) is 1.70. The second-order valence-electron chi connectivity index (χ2n) is 3.88. The lowest BCUT2D eigenvalue weighted by Gasteiger charge is -2.27. The van der Waals surface area contributed by atoms with E-state index in [0.717, 1.165) is 12.1 Å². The molecule has 0 spiro atoms. The van der Waals surface area contributed by atoms with Crippen molar-refractivity contribution in [3.8, 4) is 0 Å². The van der Waals surface area contributed by atoms with Gasteiger partial charge in [0.2, 0.25) is 0 Å². The van der Waals surface area contributed by atoms with Crippen molar-refractivity contribution in [2.24, 2.45) is 0 Å². The molecule has 0 aromatic heterocycles. The molecule has 0 saturated carbocycles. The third kappa shape index (κ3) is 1.93. The molecule has 0 bridgehead atoms. The lowest BCUT2D eigenvalue weighted by Crippen LogP contribution is -2.38. The summed E-state index contributed by atoms with van der Waals surface area (Å²) in [6.45, 7) is 6.16. The van der Waals surface area contributed by atoms with Crippen LogP contribution in [-0.2, 0) is 0 Å². The number of likely N-dealkylation sites (tertiary alicyclic amines) is 1. The molecule has 2 saturated heterocycles. The Kier molecular flexibility index (Phi) is 3.81. The average Bonchev–Trinajstić information content (AvgIpc) is 2.55. The zero-order valence-electron chi connectivity index (χ0n) is 7.75. The van der Waals surface area contributed by atoms with Gasteiger partial charge >= 0.3 is 0 Å². The van der Waals surface area contributed by atoms with E-state index in [1.165, 1.54) is 38.9 Å². The second-order valence-corrected chi connectivity index (χ2v) is 3.88. The Morgan fingerprint density at radius 1 is 1.33 bits per heavy atom. The van der Waals surface area contributed by atoms with Crippen LogP contribution in [0.5, 0.6) is 0 Å². The van der Waals surface area contributed by atoms with Crippen LogP contribution in [0.15, 0.2) is 0 Å². The maximum Gasteiger partial charge on any atom is 0.0235 e. The summed E-state index contributed by atoms with van der Waals surface area (Å²) in [7, 11) is 0. The number of halogens is 1. The Balaban J connectivity index is 0.000000720. The van der Waals surface area contributed by atoms with E-state index in [4.69, 9.17) is 0 Å². The first-order valence-corrected chi connectivity index (χ1v) is 4.84. The van der Waals surface area contributed by atoms with E-state index < -0.39 is 0 Å². The average molecular weight is 191 g/mol. The lowest BCUT2D eigenvalue weighted by molar-refractivity contribution is 0.202. The SMILES string of the molecule is C[C@H]1CCCN1[C@H]1CCNC1.Cl. The van der Waals surface area contributed by atoms with Gasteiger partial charge in [0.15, 0.2) is 0 Å². The van der Waals surface area contributed by atoms with Crippen molar-refractivity contribution in [2.45, 2.75) is 38.3 Å². The second kappa shape index (κ2) is 4.45. The molecule has 2 aliphatic rings. The standard InChI is InChI=1S/C9H18N2.ClH/c1-8-3-2-6-11(8)9-4-5-10-7-9;/h8-10H,2-7H2,1H3;1H/t8-,9-;/m0./s1. The predicted octanol–water partition coefficient (Wildman–Crippen LogP) is 1.25. The number of rotatable bonds is 1. The molecule has 1 N–H and O–H groups in total. The highest BCUT2D eigenvalue weighted by molar-refractivity contribution is 5.85. The molecule has 2 rings (SSSR count). The molecule has 2 fully saturated rings. The van der Waals surface area contributed by atoms with Gasteiger partial charge in [0, 0.05) is 18.6 Å². The van der Waals surface area contributed by atoms with Crippen molar-refractivity contribution in [3.63, 3.8) is 0 Å². The van der Waals surface area contributed by atoms with Crippen molar-refractivity contribution < 1.29 is 0 Å². The highest BCUT2D eigenvalue weighted by atomic mass is 35.5. The first kappa shape index (κ1) is 10.3. The minimum Gasteiger partial charge on any atom is -0.315 e. The van der Waals surface area contributed by atoms with Crippen molar-refractivity contribution in [2.75, 3.05) is 19.6 Å². The molecule has 3 heteroatoms. The van der Waals surface area contributed by atoms with Gasteiger partial charge in [-0.15, -0.1) is 12.4 Å². The highest BCUT2D eigenvalue weighted by Gasteiger charge is 2.29. The summed E-state index contributed by atoms with van der Waals surface area (Å²) in [5, 5.41) is 3.43. The number of nitrogens with zero attached hydrogens (tertiary/aromatic N) is 1. The van der Waals surface area contributed by atoms with Gasteiger partial charge in [-0.05, 0) is 39.3 Å². The number of hydrogen-bond donors (Lipinski definition) is 1. The van der Waals surface area contributed by atoms with Crippen molar-refractivity contribution >= 4 is 12.4 Å². The molecular weight excluding hydrogens is 172 g/mol. The fourth-order valence-electron chi connectivity index (χ4n) is 2.42. The van der Waals surface area contributed by atoms with Crippen LogP contribution >= 0.6 is 12.4 Å². The van der Waals surface area contributed by atoms with E-state index in [1.54, 1.807) is 0 Å². The van der Waals surface area contributed by atoms with Gasteiger partial charge in [-0.25, -0.2) is 0 Å². The summed E-state index contributed by atoms with van der Waals surface area (Å²) in [4.78, 5) is 2.68. The molecular formula is C9H19ClN2. The summed E-state index contributed by atoms with van der Waals surface area (Å²) in [5.74, 6) is 0. The van der Waals surface area contributed by atoms with E-state index in [0.29, 0.717) is 0 Å². The van der Waals surface area contributed by atoms with Crippen LogP contribution in [-0.4, -0.2) is 36.6 Å². The van der Waals surface area contributed by atoms with Gasteiger partial charge in [-0.2, -0.15) is 0 Å². The van der Waals surface area contributed by atoms with Crippen molar-refractivity contribution in [3.05, 3.63) is 0 Å². The quantitative estimate of drug-likeness (QED) is 0.670. The molecule has 0 aromatic carbocycles. The fraction of sp³-hybridized carbons (Fsp3) is 1.00. The Hall–Kier alpha value is 0.210. The van der Waals surface area contributed by atoms with Crippen LogP contribution < -0.4 is 5.32 Å². The molecule has 0 aliphatic carbocycles. The molecule has 2 heterocycles. The van der Waals surface area contributed by atoms with Gasteiger partial charge in [0.1, 0.15) is 0 Å². The summed E-state index contributed by atoms with van der Waals surface area (Å²) >= 11 is 0. The van der Waals surface area contributed by atoms with Gasteiger partial charge < -0.3 is 5.32 Å². The minimum atomic E-state index is 0. The van der Waals surface area contributed by atoms with Crippen LogP contribution in [0.25, 0.3) is 0 Å². The number of hydrogen-bond acceptors (Lipinski definition) is 2. The van der Waals surface area contributed by atoms with Crippen LogP contribution in [0.3, 0.4) is 0 Å². The lowest BCUT2D eigenvalue weighted by atomic mass is 10.2. The van der Waals surface area contributed by atoms with E-state index in [2.05, 4.69) is 17.1 Å². The van der Waals surface area contributed by atoms with Crippen molar-refractivity contribution in [1.29, 1.82) is 0 Å². The van der Waals surface area contributed by atoms with E-state index in [9.17, 15) is 0 Å². The normalized spacial score (nSPS) is 36.8. The third-order valence-electron chi connectivity index (χ3n) is 3.11. The maximum absolute atomic E-state index is 3.43. The van der Waals surface area contributed by atoms with Crippen molar-refractivity contribution in [1.82, 2.24) is 10.2 Å². The van der Waals surface area contributed by atoms with E-state index >= 15 is 0 Å². The van der Waals surface area contributed by atoms with E-state index in [-0.39, 0.29) is 12.4 Å². The fourth-order valence-corrected chi connectivity index (χ4v) is 2.42. The molecule has 0 unspecified atom stereocenters. The zero-order valence-corrected chi connectivity index (χ0v) is 8.57. The summed E-state index contributed by atoms with van der Waals surface area (Å²) in [6.07, 6.45) is 4.19. The van der Waals surface area contributed by atoms with E-state index in [1.807, 2.05) is 0 Å². The maximum atomic E-state index is 3.43. The minimum absolute atomic E-state index is 0. The van der Waals surface area contributed by atoms with Crippen LogP contribution in [0.4, 0.5) is 0 Å². The zero-order chi connectivity index (χ0) is 7.68. The molecule has 0 radical (unpaired) electrons. The smallest absolute Gasteiger partial charge is 0.0235 e. The highest BCUT2D eigenvalue weighted by Crippen LogP contribution is 2.21. The Morgan fingerprint density at radius 3 is 2.67 bits per heavy atom. The monoisotopic (exact) mass is 190 g/mol. The summed E-state index contributed by atoms with van der Waals surface area (Å²) < 4.78 is 0.